The second kappa shape index (κ2) is 13.9. The highest BCUT2D eigenvalue weighted by molar-refractivity contribution is 7.90. The number of urea groups is 1. The quantitative estimate of drug-likeness (QED) is 0.234. The Labute approximate surface area is 261 Å². The number of aromatic nitrogens is 1. The number of nitrogens with one attached hydrogen (secondary N) is 1. The molecule has 0 spiro atoms. The van der Waals surface area contributed by atoms with E-state index in [1.807, 2.05) is 36.4 Å². The third-order valence-corrected chi connectivity index (χ3v) is 8.75. The number of anilines is 2. The number of nitrogens with two attached hydrogens (primary N) is 1. The van der Waals surface area contributed by atoms with Crippen LogP contribution in [0.1, 0.15) is 34.3 Å². The zero-order chi connectivity index (χ0) is 32.0. The molecule has 0 radical (unpaired) electrons. The maximum Gasteiger partial charge on any atom is 0.326 e. The lowest BCUT2D eigenvalue weighted by Crippen LogP contribution is -2.49. The van der Waals surface area contributed by atoms with Crippen LogP contribution >= 0.6 is 0 Å². The number of para-hydroxylation sites is 1. The van der Waals surface area contributed by atoms with Crippen LogP contribution in [0.3, 0.4) is 0 Å². The van der Waals surface area contributed by atoms with Crippen molar-refractivity contribution in [3.05, 3.63) is 108 Å². The molecule has 12 heteroatoms. The number of amides is 3. The molecule has 0 saturated carbocycles. The molecule has 45 heavy (non-hydrogen) atoms. The van der Waals surface area contributed by atoms with Crippen LogP contribution in [0.2, 0.25) is 0 Å². The molecule has 1 saturated heterocycles. The first-order chi connectivity index (χ1) is 21.6. The van der Waals surface area contributed by atoms with Crippen molar-refractivity contribution in [1.29, 1.82) is 0 Å². The highest BCUT2D eigenvalue weighted by atomic mass is 32.2. The molecule has 2 heterocycles. The first kappa shape index (κ1) is 31.6. The van der Waals surface area contributed by atoms with Crippen LogP contribution in [-0.2, 0) is 23.1 Å². The minimum absolute atomic E-state index is 0.0345. The largest absolute Gasteiger partial charge is 0.439 e. The molecule has 0 bridgehead atoms. The molecule has 1 aromatic heterocycles. The van der Waals surface area contributed by atoms with Gasteiger partial charge in [-0.05, 0) is 72.5 Å². The number of rotatable bonds is 10. The summed E-state index contributed by atoms with van der Waals surface area (Å²) in [4.78, 5) is 34.1. The fourth-order valence-corrected chi connectivity index (χ4v) is 5.93. The molecule has 3 amide bonds. The van der Waals surface area contributed by atoms with Gasteiger partial charge >= 0.3 is 6.03 Å². The SMILES string of the molecule is CS(=O)(=O)c1ccc(Oc2ccc(CN3CCC(N(C(=O)Nc4ccc(CF)c(C(N)=O)c4)c4ccccc4)CC3)cn2)cc1. The molecular weight excluding hydrogens is 597 g/mol. The first-order valence-corrected chi connectivity index (χ1v) is 16.3. The van der Waals surface area contributed by atoms with Crippen LogP contribution in [0.4, 0.5) is 20.6 Å². The van der Waals surface area contributed by atoms with Crippen LogP contribution in [0.25, 0.3) is 0 Å². The lowest BCUT2D eigenvalue weighted by atomic mass is 10.0. The summed E-state index contributed by atoms with van der Waals surface area (Å²) in [6, 6.07) is 23.3. The van der Waals surface area contributed by atoms with Gasteiger partial charge in [-0.2, -0.15) is 0 Å². The third kappa shape index (κ3) is 8.02. The van der Waals surface area contributed by atoms with Crippen molar-refractivity contribution in [2.45, 2.75) is 37.0 Å². The number of alkyl halides is 1. The molecule has 3 N–H and O–H groups in total. The Hall–Kier alpha value is -4.81. The van der Waals surface area contributed by atoms with Crippen LogP contribution in [0.5, 0.6) is 11.6 Å². The van der Waals surface area contributed by atoms with Gasteiger partial charge in [0.2, 0.25) is 11.8 Å². The molecule has 5 rings (SSSR count). The van der Waals surface area contributed by atoms with E-state index in [-0.39, 0.29) is 28.1 Å². The minimum atomic E-state index is -3.28. The number of nitrogens with zero attached hydrogens (tertiary/aromatic N) is 3. The average molecular weight is 632 g/mol. The number of carbonyl (C=O) groups excluding carboxylic acids is 2. The van der Waals surface area contributed by atoms with E-state index in [0.717, 1.165) is 43.4 Å². The molecule has 0 atom stereocenters. The fourth-order valence-electron chi connectivity index (χ4n) is 5.30. The zero-order valence-electron chi connectivity index (χ0n) is 24.7. The van der Waals surface area contributed by atoms with E-state index < -0.39 is 22.4 Å². The number of pyridine rings is 1. The second-order valence-electron chi connectivity index (χ2n) is 10.9. The number of hydrogen-bond donors (Lipinski definition) is 2. The number of sulfone groups is 1. The molecule has 3 aromatic carbocycles. The van der Waals surface area contributed by atoms with Gasteiger partial charge in [-0.25, -0.2) is 22.6 Å². The number of halogens is 1. The number of primary amides is 1. The van der Waals surface area contributed by atoms with E-state index >= 15 is 0 Å². The first-order valence-electron chi connectivity index (χ1n) is 14.4. The van der Waals surface area contributed by atoms with Gasteiger partial charge in [0.25, 0.3) is 0 Å². The van der Waals surface area contributed by atoms with E-state index in [1.54, 1.807) is 35.4 Å². The van der Waals surface area contributed by atoms with Crippen molar-refractivity contribution in [3.63, 3.8) is 0 Å². The van der Waals surface area contributed by atoms with Gasteiger partial charge in [0.05, 0.1) is 4.90 Å². The lowest BCUT2D eigenvalue weighted by Gasteiger charge is -2.38. The van der Waals surface area contributed by atoms with Crippen molar-refractivity contribution >= 4 is 33.2 Å². The van der Waals surface area contributed by atoms with Crippen molar-refractivity contribution in [1.82, 2.24) is 9.88 Å². The fraction of sp³-hybridized carbons (Fsp3) is 0.242. The normalized spacial score (nSPS) is 14.1. The van der Waals surface area contributed by atoms with Crippen molar-refractivity contribution in [3.8, 4) is 11.6 Å². The van der Waals surface area contributed by atoms with Crippen molar-refractivity contribution in [2.75, 3.05) is 29.6 Å². The molecular formula is C33H34FN5O5S. The molecule has 0 unspecified atom stereocenters. The molecule has 0 aliphatic carbocycles. The summed E-state index contributed by atoms with van der Waals surface area (Å²) >= 11 is 0. The molecule has 234 valence electrons. The summed E-state index contributed by atoms with van der Waals surface area (Å²) in [5.41, 5.74) is 7.74. The Kier molecular flexibility index (Phi) is 9.74. The van der Waals surface area contributed by atoms with Gasteiger partial charge in [-0.3, -0.25) is 14.6 Å². The van der Waals surface area contributed by atoms with Crippen LogP contribution in [0, 0.1) is 0 Å². The van der Waals surface area contributed by atoms with Crippen LogP contribution in [0.15, 0.2) is 96.0 Å². The maximum atomic E-state index is 13.6. The maximum absolute atomic E-state index is 13.6. The third-order valence-electron chi connectivity index (χ3n) is 7.62. The Bertz CT molecular complexity index is 1740. The zero-order valence-corrected chi connectivity index (χ0v) is 25.5. The van der Waals surface area contributed by atoms with Gasteiger partial charge in [0.1, 0.15) is 12.4 Å². The number of carbonyl (C=O) groups is 2. The van der Waals surface area contributed by atoms with Gasteiger partial charge in [-0.15, -0.1) is 0 Å². The van der Waals surface area contributed by atoms with Gasteiger partial charge < -0.3 is 15.8 Å². The van der Waals surface area contributed by atoms with E-state index in [1.165, 1.54) is 24.3 Å². The average Bonchev–Trinajstić information content (AvgIpc) is 3.03. The van der Waals surface area contributed by atoms with Crippen LogP contribution in [-0.4, -0.2) is 55.6 Å². The van der Waals surface area contributed by atoms with Crippen molar-refractivity contribution < 1.29 is 27.1 Å². The summed E-state index contributed by atoms with van der Waals surface area (Å²) in [5.74, 6) is 0.128. The molecule has 4 aromatic rings. The predicted octanol–water partition coefficient (Wildman–Crippen LogP) is 5.55. The van der Waals surface area contributed by atoms with E-state index in [9.17, 15) is 22.4 Å². The smallest absolute Gasteiger partial charge is 0.326 e. The monoisotopic (exact) mass is 631 g/mol. The summed E-state index contributed by atoms with van der Waals surface area (Å²) in [7, 11) is -3.28. The Morgan fingerprint density at radius 1 is 1.02 bits per heavy atom. The lowest BCUT2D eigenvalue weighted by molar-refractivity contribution is 0.0998. The summed E-state index contributed by atoms with van der Waals surface area (Å²) in [6.07, 6.45) is 4.37. The number of hydrogen-bond acceptors (Lipinski definition) is 7. The Balaban J connectivity index is 1.20. The van der Waals surface area contributed by atoms with Crippen molar-refractivity contribution in [2.24, 2.45) is 5.73 Å². The highest BCUT2D eigenvalue weighted by Gasteiger charge is 2.29. The topological polar surface area (TPSA) is 135 Å². The summed E-state index contributed by atoms with van der Waals surface area (Å²) in [6.45, 7) is 1.35. The Morgan fingerprint density at radius 2 is 1.73 bits per heavy atom. The van der Waals surface area contributed by atoms with E-state index in [4.69, 9.17) is 10.5 Å². The summed E-state index contributed by atoms with van der Waals surface area (Å²) in [5, 5.41) is 2.86. The number of benzene rings is 3. The standard InChI is InChI=1S/C33H34FN5O5S/c1-45(42,43)29-12-10-28(11-13-29)44-31-14-7-23(21-36-31)22-38-17-15-27(16-18-38)39(26-5-3-2-4-6-26)33(41)37-25-9-8-24(20-34)30(19-25)32(35)40/h2-14,19,21,27H,15-18,20,22H2,1H3,(H2,35,40)(H,37,41). The number of likely N-dealkylation sites (tertiary alicyclic amines) is 1. The molecule has 1 fully saturated rings. The van der Waals surface area contributed by atoms with Gasteiger partial charge in [0.15, 0.2) is 9.84 Å². The minimum Gasteiger partial charge on any atom is -0.439 e. The Morgan fingerprint density at radius 3 is 2.33 bits per heavy atom. The highest BCUT2D eigenvalue weighted by Crippen LogP contribution is 2.27. The molecule has 10 nitrogen and oxygen atoms in total. The predicted molar refractivity (Wildman–Crippen MR) is 170 cm³/mol. The second-order valence-corrected chi connectivity index (χ2v) is 12.9. The van der Waals surface area contributed by atoms with Gasteiger partial charge in [0, 0.05) is 61.1 Å². The van der Waals surface area contributed by atoms with Crippen LogP contribution < -0.4 is 20.7 Å². The molecule has 1 aliphatic heterocycles. The number of ether oxygens (including phenoxy) is 1. The summed E-state index contributed by atoms with van der Waals surface area (Å²) < 4.78 is 42.4. The van der Waals surface area contributed by atoms with E-state index in [2.05, 4.69) is 15.2 Å². The number of piperidine rings is 1. The van der Waals surface area contributed by atoms with E-state index in [0.29, 0.717) is 23.9 Å². The van der Waals surface area contributed by atoms with Gasteiger partial charge in [-0.1, -0.05) is 30.3 Å². The molecule has 1 aliphatic rings.